The zero-order valence-corrected chi connectivity index (χ0v) is 13.1. The van der Waals surface area contributed by atoms with Crippen LogP contribution in [-0.2, 0) is 0 Å². The molecule has 0 bridgehead atoms. The molecule has 2 aliphatic rings. The molecule has 0 radical (unpaired) electrons. The largest absolute Gasteiger partial charge is 0.389 e. The molecule has 2 unspecified atom stereocenters. The molecule has 0 aromatic rings. The van der Waals surface area contributed by atoms with Crippen LogP contribution < -0.4 is 5.32 Å². The number of hydrogen-bond acceptors (Lipinski definition) is 1. The number of unbranched alkanes of at least 4 members (excludes halogenated alkanes) is 1. The number of nitrogens with one attached hydrogen (secondary N) is 1. The predicted molar refractivity (Wildman–Crippen MR) is 80.2 cm³/mol. The molecule has 21 heavy (non-hydrogen) atoms. The Hall–Kier alpha value is -0.250. The summed E-state index contributed by atoms with van der Waals surface area (Å²) in [6.07, 6.45) is 8.33. The molecule has 4 heteroatoms. The van der Waals surface area contributed by atoms with E-state index in [0.717, 1.165) is 18.4 Å². The molecule has 124 valence electrons. The Bertz CT molecular complexity index is 284. The lowest BCUT2D eigenvalue weighted by Gasteiger charge is -2.39. The first kappa shape index (κ1) is 17.1. The summed E-state index contributed by atoms with van der Waals surface area (Å²) in [5, 5.41) is 3.59. The summed E-state index contributed by atoms with van der Waals surface area (Å²) in [4.78, 5) is 0. The smallest absolute Gasteiger partial charge is 0.314 e. The molecule has 2 aliphatic carbocycles. The second kappa shape index (κ2) is 8.40. The molecular formula is C17H30F3N. The number of halogens is 3. The van der Waals surface area contributed by atoms with Crippen LogP contribution >= 0.6 is 0 Å². The fourth-order valence-electron chi connectivity index (χ4n) is 4.28. The lowest BCUT2D eigenvalue weighted by molar-refractivity contribution is -0.135. The van der Waals surface area contributed by atoms with Gasteiger partial charge in [-0.3, -0.25) is 0 Å². The van der Waals surface area contributed by atoms with E-state index in [2.05, 4.69) is 5.32 Å². The molecule has 2 saturated carbocycles. The average molecular weight is 305 g/mol. The molecule has 0 heterocycles. The Labute approximate surface area is 127 Å². The van der Waals surface area contributed by atoms with Crippen LogP contribution in [0.4, 0.5) is 13.2 Å². The maximum absolute atomic E-state index is 12.1. The van der Waals surface area contributed by atoms with Gasteiger partial charge in [0, 0.05) is 12.5 Å². The minimum atomic E-state index is -3.99. The minimum absolute atomic E-state index is 0.261. The van der Waals surface area contributed by atoms with E-state index < -0.39 is 12.6 Å². The van der Waals surface area contributed by atoms with Crippen molar-refractivity contribution in [3.8, 4) is 0 Å². The van der Waals surface area contributed by atoms with Crippen molar-refractivity contribution >= 4 is 0 Å². The summed E-state index contributed by atoms with van der Waals surface area (Å²) in [6.45, 7) is 0.754. The number of hydrogen-bond donors (Lipinski definition) is 1. The van der Waals surface area contributed by atoms with E-state index in [0.29, 0.717) is 12.5 Å². The predicted octanol–water partition coefficient (Wildman–Crippen LogP) is 5.45. The van der Waals surface area contributed by atoms with Crippen molar-refractivity contribution in [3.05, 3.63) is 0 Å². The average Bonchev–Trinajstić information content (AvgIpc) is 2.47. The quantitative estimate of drug-likeness (QED) is 0.644. The molecule has 2 rings (SSSR count). The Morgan fingerprint density at radius 1 is 0.810 bits per heavy atom. The molecular weight excluding hydrogens is 275 g/mol. The van der Waals surface area contributed by atoms with Crippen LogP contribution in [0.3, 0.4) is 0 Å². The van der Waals surface area contributed by atoms with E-state index >= 15 is 0 Å². The summed E-state index contributed by atoms with van der Waals surface area (Å²) >= 11 is 0. The summed E-state index contributed by atoms with van der Waals surface area (Å²) in [7, 11) is 0. The third-order valence-electron chi connectivity index (χ3n) is 5.37. The molecule has 0 amide bonds. The van der Waals surface area contributed by atoms with Gasteiger partial charge in [-0.2, -0.15) is 13.2 Å². The van der Waals surface area contributed by atoms with Gasteiger partial charge >= 0.3 is 6.18 Å². The maximum atomic E-state index is 12.1. The number of alkyl halides is 3. The zero-order valence-electron chi connectivity index (χ0n) is 13.1. The van der Waals surface area contributed by atoms with Crippen LogP contribution in [0, 0.1) is 11.8 Å². The molecule has 0 aromatic carbocycles. The van der Waals surface area contributed by atoms with Crippen LogP contribution in [0.2, 0.25) is 0 Å². The Morgan fingerprint density at radius 2 is 1.48 bits per heavy atom. The fraction of sp³-hybridized carbons (Fsp3) is 1.00. The van der Waals surface area contributed by atoms with Gasteiger partial charge < -0.3 is 5.32 Å². The monoisotopic (exact) mass is 305 g/mol. The van der Waals surface area contributed by atoms with Gasteiger partial charge in [0.2, 0.25) is 0 Å². The molecule has 0 spiro atoms. The van der Waals surface area contributed by atoms with Crippen molar-refractivity contribution in [1.29, 1.82) is 0 Å². The van der Waals surface area contributed by atoms with E-state index in [1.165, 1.54) is 57.8 Å². The van der Waals surface area contributed by atoms with Gasteiger partial charge in [0.05, 0.1) is 0 Å². The SMILES string of the molecule is FC(F)(F)CCCCNC1CCCCC1C1CCCCC1. The van der Waals surface area contributed by atoms with Gasteiger partial charge in [-0.15, -0.1) is 0 Å². The highest BCUT2D eigenvalue weighted by molar-refractivity contribution is 4.86. The van der Waals surface area contributed by atoms with E-state index in [1.54, 1.807) is 0 Å². The molecule has 1 nitrogen and oxygen atoms in total. The van der Waals surface area contributed by atoms with Crippen molar-refractivity contribution in [1.82, 2.24) is 5.32 Å². The first-order chi connectivity index (χ1) is 10.1. The second-order valence-corrected chi connectivity index (χ2v) is 6.98. The first-order valence-corrected chi connectivity index (χ1v) is 8.86. The molecule has 2 fully saturated rings. The normalized spacial score (nSPS) is 28.7. The summed E-state index contributed by atoms with van der Waals surface area (Å²) < 4.78 is 36.4. The van der Waals surface area contributed by atoms with E-state index in [4.69, 9.17) is 0 Å². The van der Waals surface area contributed by atoms with Crippen molar-refractivity contribution < 1.29 is 13.2 Å². The van der Waals surface area contributed by atoms with Gasteiger partial charge in [-0.1, -0.05) is 44.9 Å². The van der Waals surface area contributed by atoms with Crippen LogP contribution in [0.5, 0.6) is 0 Å². The van der Waals surface area contributed by atoms with Gasteiger partial charge in [0.25, 0.3) is 0 Å². The Morgan fingerprint density at radius 3 is 2.19 bits per heavy atom. The zero-order chi connectivity index (χ0) is 15.1. The van der Waals surface area contributed by atoms with Crippen LogP contribution in [0.1, 0.15) is 77.0 Å². The summed E-state index contributed by atoms with van der Waals surface area (Å²) in [6, 6.07) is 0.563. The molecule has 0 aromatic heterocycles. The highest BCUT2D eigenvalue weighted by atomic mass is 19.4. The van der Waals surface area contributed by atoms with Gasteiger partial charge in [0.1, 0.15) is 0 Å². The van der Waals surface area contributed by atoms with Crippen LogP contribution in [0.15, 0.2) is 0 Å². The molecule has 0 aliphatic heterocycles. The minimum Gasteiger partial charge on any atom is -0.314 e. The van der Waals surface area contributed by atoms with E-state index in [9.17, 15) is 13.2 Å². The van der Waals surface area contributed by atoms with Crippen molar-refractivity contribution in [2.45, 2.75) is 89.3 Å². The van der Waals surface area contributed by atoms with Gasteiger partial charge in [0.15, 0.2) is 0 Å². The van der Waals surface area contributed by atoms with Crippen molar-refractivity contribution in [2.75, 3.05) is 6.54 Å². The van der Waals surface area contributed by atoms with Gasteiger partial charge in [-0.25, -0.2) is 0 Å². The topological polar surface area (TPSA) is 12.0 Å². The van der Waals surface area contributed by atoms with Crippen LogP contribution in [-0.4, -0.2) is 18.8 Å². The van der Waals surface area contributed by atoms with E-state index in [1.807, 2.05) is 0 Å². The standard InChI is InChI=1S/C17H30F3N/c18-17(19,20)12-6-7-13-21-16-11-5-4-10-15(16)14-8-2-1-3-9-14/h14-16,21H,1-13H2. The molecule has 1 N–H and O–H groups in total. The lowest BCUT2D eigenvalue weighted by atomic mass is 9.71. The summed E-state index contributed by atoms with van der Waals surface area (Å²) in [5.74, 6) is 1.65. The Kier molecular flexibility index (Phi) is 6.84. The van der Waals surface area contributed by atoms with Crippen molar-refractivity contribution in [3.63, 3.8) is 0 Å². The van der Waals surface area contributed by atoms with Crippen molar-refractivity contribution in [2.24, 2.45) is 11.8 Å². The maximum Gasteiger partial charge on any atom is 0.389 e. The number of rotatable bonds is 6. The summed E-state index contributed by atoms with van der Waals surface area (Å²) in [5.41, 5.74) is 0. The lowest BCUT2D eigenvalue weighted by Crippen LogP contribution is -2.42. The third kappa shape index (κ3) is 6.17. The fourth-order valence-corrected chi connectivity index (χ4v) is 4.28. The molecule has 2 atom stereocenters. The van der Waals surface area contributed by atoms with E-state index in [-0.39, 0.29) is 6.42 Å². The van der Waals surface area contributed by atoms with Crippen LogP contribution in [0.25, 0.3) is 0 Å². The van der Waals surface area contributed by atoms with Gasteiger partial charge in [-0.05, 0) is 44.1 Å². The molecule has 0 saturated heterocycles. The first-order valence-electron chi connectivity index (χ1n) is 8.86. The highest BCUT2D eigenvalue weighted by Gasteiger charge is 2.32. The Balaban J connectivity index is 1.69. The third-order valence-corrected chi connectivity index (χ3v) is 5.37. The second-order valence-electron chi connectivity index (χ2n) is 6.98. The highest BCUT2D eigenvalue weighted by Crippen LogP contribution is 2.38.